The summed E-state index contributed by atoms with van der Waals surface area (Å²) in [4.78, 5) is 67.4. The molecule has 0 aromatic heterocycles. The second-order valence-corrected chi connectivity index (χ2v) is 15.7. The van der Waals surface area contributed by atoms with E-state index in [4.69, 9.17) is 9.47 Å². The maximum Gasteiger partial charge on any atom is 0.304 e. The number of hydrogen-bond donors (Lipinski definition) is 2. The van der Waals surface area contributed by atoms with E-state index in [0.29, 0.717) is 23.5 Å². The van der Waals surface area contributed by atoms with Gasteiger partial charge < -0.3 is 29.2 Å². The van der Waals surface area contributed by atoms with Gasteiger partial charge in [0, 0.05) is 43.2 Å². The smallest absolute Gasteiger partial charge is 0.304 e. The number of rotatable bonds is 6. The second-order valence-electron chi connectivity index (χ2n) is 11.7. The minimum absolute atomic E-state index is 0.00456. The number of likely N-dealkylation sites (N-methyl/N-ethyl adjacent to an activating group) is 1. The van der Waals surface area contributed by atoms with Gasteiger partial charge in [-0.2, -0.15) is 0 Å². The summed E-state index contributed by atoms with van der Waals surface area (Å²) in [6.45, 7) is 7.21. The lowest BCUT2D eigenvalue weighted by Gasteiger charge is -2.39. The lowest BCUT2D eigenvalue weighted by Crippen LogP contribution is -2.55. The molecular formula is C27H37N3O8Si. The van der Waals surface area contributed by atoms with Crippen LogP contribution in [0.25, 0.3) is 0 Å². The lowest BCUT2D eigenvalue weighted by molar-refractivity contribution is -0.154. The van der Waals surface area contributed by atoms with Gasteiger partial charge in [-0.05, 0) is 44.1 Å². The first kappa shape index (κ1) is 27.8. The SMILES string of the molecule is CC(=O)OC1CC(=O)N1c1ccc2c(c1)[C@]1(O[C@@H](CC(=O)N3CCC[C@H]3CO)[C@H]([Si](C)(C)O)[C@H]1C)C(=O)N2C. The summed E-state index contributed by atoms with van der Waals surface area (Å²) >= 11 is 0. The Bertz CT molecular complexity index is 1220. The Morgan fingerprint density at radius 1 is 1.26 bits per heavy atom. The molecule has 4 aliphatic rings. The van der Waals surface area contributed by atoms with Crippen molar-refractivity contribution in [2.24, 2.45) is 5.92 Å². The van der Waals surface area contributed by atoms with Crippen LogP contribution in [0.1, 0.15) is 45.1 Å². The minimum Gasteiger partial charge on any atom is -0.441 e. The van der Waals surface area contributed by atoms with Gasteiger partial charge in [0.25, 0.3) is 5.91 Å². The number of likely N-dealkylation sites (tertiary alicyclic amines) is 1. The molecular weight excluding hydrogens is 522 g/mol. The fourth-order valence-electron chi connectivity index (χ4n) is 7.15. The van der Waals surface area contributed by atoms with Crippen molar-refractivity contribution in [3.05, 3.63) is 23.8 Å². The number of aliphatic hydroxyl groups is 1. The zero-order valence-corrected chi connectivity index (χ0v) is 24.0. The van der Waals surface area contributed by atoms with Gasteiger partial charge in [0.2, 0.25) is 11.8 Å². The fourth-order valence-corrected chi connectivity index (χ4v) is 9.70. The van der Waals surface area contributed by atoms with Crippen LogP contribution in [-0.2, 0) is 34.3 Å². The van der Waals surface area contributed by atoms with Crippen LogP contribution in [0.4, 0.5) is 11.4 Å². The molecule has 0 bridgehead atoms. The molecule has 4 aliphatic heterocycles. The third-order valence-corrected chi connectivity index (χ3v) is 11.4. The number of aliphatic hydroxyl groups excluding tert-OH is 1. The molecule has 1 aromatic rings. The summed E-state index contributed by atoms with van der Waals surface area (Å²) in [7, 11) is -1.30. The van der Waals surface area contributed by atoms with E-state index in [-0.39, 0.29) is 43.2 Å². The van der Waals surface area contributed by atoms with E-state index in [2.05, 4.69) is 0 Å². The molecule has 39 heavy (non-hydrogen) atoms. The quantitative estimate of drug-likeness (QED) is 0.304. The van der Waals surface area contributed by atoms with Crippen LogP contribution in [0.15, 0.2) is 18.2 Å². The van der Waals surface area contributed by atoms with Gasteiger partial charge in [-0.25, -0.2) is 0 Å². The van der Waals surface area contributed by atoms with Crippen LogP contribution in [0.2, 0.25) is 18.6 Å². The number of benzene rings is 1. The summed E-state index contributed by atoms with van der Waals surface area (Å²) in [5.74, 6) is -1.61. The molecule has 6 atom stereocenters. The van der Waals surface area contributed by atoms with Gasteiger partial charge >= 0.3 is 5.97 Å². The normalized spacial score (nSPS) is 32.2. The highest BCUT2D eigenvalue weighted by molar-refractivity contribution is 6.71. The Balaban J connectivity index is 1.53. The topological polar surface area (TPSA) is 137 Å². The van der Waals surface area contributed by atoms with E-state index in [0.717, 1.165) is 12.8 Å². The van der Waals surface area contributed by atoms with Gasteiger partial charge in [0.15, 0.2) is 20.1 Å². The number of nitrogens with zero attached hydrogens (tertiary/aromatic N) is 3. The van der Waals surface area contributed by atoms with Crippen molar-refractivity contribution < 1.29 is 38.6 Å². The molecule has 3 fully saturated rings. The molecule has 0 aliphatic carbocycles. The third-order valence-electron chi connectivity index (χ3n) is 8.87. The number of β-lactam (4-membered cyclic amide) rings is 1. The van der Waals surface area contributed by atoms with Crippen molar-refractivity contribution in [1.82, 2.24) is 4.90 Å². The summed E-state index contributed by atoms with van der Waals surface area (Å²) in [6.07, 6.45) is 0.203. The molecule has 2 N–H and O–H groups in total. The van der Waals surface area contributed by atoms with Crippen LogP contribution in [-0.4, -0.2) is 85.4 Å². The van der Waals surface area contributed by atoms with Crippen molar-refractivity contribution in [2.45, 2.75) is 82.1 Å². The monoisotopic (exact) mass is 559 g/mol. The van der Waals surface area contributed by atoms with Crippen molar-refractivity contribution in [3.8, 4) is 0 Å². The Hall–Kier alpha value is -2.80. The van der Waals surface area contributed by atoms with Gasteiger partial charge in [0.05, 0.1) is 37.3 Å². The van der Waals surface area contributed by atoms with Crippen LogP contribution in [0.5, 0.6) is 0 Å². The van der Waals surface area contributed by atoms with Gasteiger partial charge in [0.1, 0.15) is 0 Å². The Labute approximate surface area is 228 Å². The second kappa shape index (κ2) is 9.68. The summed E-state index contributed by atoms with van der Waals surface area (Å²) in [6, 6.07) is 4.95. The molecule has 12 heteroatoms. The Morgan fingerprint density at radius 2 is 1.97 bits per heavy atom. The number of carbonyl (C=O) groups excluding carboxylic acids is 4. The minimum atomic E-state index is -2.96. The predicted molar refractivity (Wildman–Crippen MR) is 143 cm³/mol. The molecule has 3 amide bonds. The molecule has 212 valence electrons. The summed E-state index contributed by atoms with van der Waals surface area (Å²) < 4.78 is 11.9. The number of esters is 1. The average Bonchev–Trinajstić information content (AvgIpc) is 3.49. The Morgan fingerprint density at radius 3 is 2.59 bits per heavy atom. The van der Waals surface area contributed by atoms with Crippen LogP contribution < -0.4 is 9.80 Å². The van der Waals surface area contributed by atoms with E-state index >= 15 is 0 Å². The molecule has 1 spiro atoms. The van der Waals surface area contributed by atoms with Crippen LogP contribution in [0.3, 0.4) is 0 Å². The maximum atomic E-state index is 14.0. The number of hydrogen-bond acceptors (Lipinski definition) is 8. The first-order chi connectivity index (χ1) is 18.3. The standard InChI is InChI=1S/C27H37N3O8Si/c1-15-25(39(4,5)36)21(12-22(33)29-10-6-7-18(29)14-31)38-27(15)19-11-17(8-9-20(19)28(3)26(27)35)30-23(34)13-24(30)37-16(2)32/h8-9,11,15,18,21,24-25,31,36H,6-7,10,12-14H2,1-5H3/t15-,18+,21+,24?,25-,27+/m1/s1. The van der Waals surface area contributed by atoms with Crippen molar-refractivity contribution in [3.63, 3.8) is 0 Å². The number of anilines is 2. The van der Waals surface area contributed by atoms with E-state index in [1.807, 2.05) is 6.92 Å². The van der Waals surface area contributed by atoms with Gasteiger partial charge in [-0.1, -0.05) is 6.92 Å². The molecule has 11 nitrogen and oxygen atoms in total. The lowest BCUT2D eigenvalue weighted by atomic mass is 9.82. The first-order valence-corrected chi connectivity index (χ1v) is 16.6. The van der Waals surface area contributed by atoms with Gasteiger partial charge in [-0.3, -0.25) is 24.1 Å². The number of carbonyl (C=O) groups is 4. The highest BCUT2D eigenvalue weighted by atomic mass is 28.4. The zero-order valence-electron chi connectivity index (χ0n) is 23.0. The highest BCUT2D eigenvalue weighted by Gasteiger charge is 2.66. The number of ether oxygens (including phenoxy) is 2. The summed E-state index contributed by atoms with van der Waals surface area (Å²) in [5.41, 5.74) is -0.212. The van der Waals surface area contributed by atoms with Gasteiger partial charge in [-0.15, -0.1) is 0 Å². The van der Waals surface area contributed by atoms with Crippen molar-refractivity contribution >= 4 is 43.4 Å². The molecule has 4 heterocycles. The first-order valence-electron chi connectivity index (χ1n) is 13.5. The fraction of sp³-hybridized carbons (Fsp3) is 0.630. The Kier molecular flexibility index (Phi) is 6.89. The van der Waals surface area contributed by atoms with E-state index in [1.54, 1.807) is 43.2 Å². The molecule has 1 aromatic carbocycles. The maximum absolute atomic E-state index is 14.0. The van der Waals surface area contributed by atoms with Crippen molar-refractivity contribution in [1.29, 1.82) is 0 Å². The van der Waals surface area contributed by atoms with Crippen LogP contribution >= 0.6 is 0 Å². The highest BCUT2D eigenvalue weighted by Crippen LogP contribution is 2.60. The molecule has 5 rings (SSSR count). The van der Waals surface area contributed by atoms with E-state index in [9.17, 15) is 29.1 Å². The van der Waals surface area contributed by atoms with E-state index in [1.165, 1.54) is 16.7 Å². The zero-order chi connectivity index (χ0) is 28.4. The summed E-state index contributed by atoms with van der Waals surface area (Å²) in [5, 5.41) is 9.73. The molecule has 0 radical (unpaired) electrons. The molecule has 1 unspecified atom stereocenters. The molecule has 0 saturated carbocycles. The predicted octanol–water partition coefficient (Wildman–Crippen LogP) is 1.46. The largest absolute Gasteiger partial charge is 0.441 e. The van der Waals surface area contributed by atoms with E-state index < -0.39 is 43.7 Å². The third kappa shape index (κ3) is 4.28. The number of fused-ring (bicyclic) bond motifs is 2. The molecule has 3 saturated heterocycles. The van der Waals surface area contributed by atoms with Crippen LogP contribution in [0, 0.1) is 5.92 Å². The van der Waals surface area contributed by atoms with Crippen molar-refractivity contribution in [2.75, 3.05) is 30.0 Å². The average molecular weight is 560 g/mol. The number of amides is 3.